The van der Waals surface area contributed by atoms with Crippen LogP contribution in [0.3, 0.4) is 0 Å². The number of H-pyrrole nitrogens is 1. The third-order valence-electron chi connectivity index (χ3n) is 2.39. The van der Waals surface area contributed by atoms with Crippen molar-refractivity contribution < 1.29 is 4.79 Å². The summed E-state index contributed by atoms with van der Waals surface area (Å²) in [6.07, 6.45) is 4.49. The number of carbonyl (C=O) groups is 1. The fourth-order valence-electron chi connectivity index (χ4n) is 1.38. The standard InChI is InChI=1S/C9H14N4O/c1-6(9-10-5-11-13-9)12-8(14)4-7-2-3-7/h5-7H,2-4H2,1H3,(H,12,14)(H,10,11,13). The van der Waals surface area contributed by atoms with Crippen LogP contribution in [0.15, 0.2) is 6.33 Å². The van der Waals surface area contributed by atoms with Crippen LogP contribution in [0.5, 0.6) is 0 Å². The van der Waals surface area contributed by atoms with Gasteiger partial charge in [0, 0.05) is 6.42 Å². The first-order valence-corrected chi connectivity index (χ1v) is 4.90. The highest BCUT2D eigenvalue weighted by atomic mass is 16.1. The second kappa shape index (κ2) is 3.77. The Labute approximate surface area is 82.3 Å². The molecule has 5 nitrogen and oxygen atoms in total. The Balaban J connectivity index is 1.81. The third kappa shape index (κ3) is 2.31. The maximum absolute atomic E-state index is 11.4. The van der Waals surface area contributed by atoms with E-state index in [1.807, 2.05) is 6.92 Å². The smallest absolute Gasteiger partial charge is 0.220 e. The third-order valence-corrected chi connectivity index (χ3v) is 2.39. The van der Waals surface area contributed by atoms with Crippen LogP contribution in [0.2, 0.25) is 0 Å². The molecule has 1 amide bonds. The molecule has 0 saturated heterocycles. The van der Waals surface area contributed by atoms with Crippen LogP contribution < -0.4 is 5.32 Å². The quantitative estimate of drug-likeness (QED) is 0.744. The van der Waals surface area contributed by atoms with Crippen molar-refractivity contribution in [1.82, 2.24) is 20.5 Å². The molecular formula is C9H14N4O. The summed E-state index contributed by atoms with van der Waals surface area (Å²) in [5, 5.41) is 9.35. The van der Waals surface area contributed by atoms with Crippen molar-refractivity contribution in [1.29, 1.82) is 0 Å². The van der Waals surface area contributed by atoms with Crippen LogP contribution in [-0.2, 0) is 4.79 Å². The van der Waals surface area contributed by atoms with Gasteiger partial charge in [0.25, 0.3) is 0 Å². The Kier molecular flexibility index (Phi) is 2.47. The van der Waals surface area contributed by atoms with E-state index < -0.39 is 0 Å². The van der Waals surface area contributed by atoms with E-state index >= 15 is 0 Å². The molecule has 1 unspecified atom stereocenters. The van der Waals surface area contributed by atoms with Gasteiger partial charge in [0.15, 0.2) is 0 Å². The zero-order valence-corrected chi connectivity index (χ0v) is 8.16. The summed E-state index contributed by atoms with van der Waals surface area (Å²) in [5.41, 5.74) is 0. The van der Waals surface area contributed by atoms with Gasteiger partial charge in [-0.15, -0.1) is 0 Å². The number of rotatable bonds is 4. The number of amides is 1. The average Bonchev–Trinajstić information content (AvgIpc) is 2.80. The molecule has 1 aromatic rings. The lowest BCUT2D eigenvalue weighted by molar-refractivity contribution is -0.122. The van der Waals surface area contributed by atoms with E-state index in [9.17, 15) is 4.79 Å². The van der Waals surface area contributed by atoms with Crippen molar-refractivity contribution in [2.75, 3.05) is 0 Å². The van der Waals surface area contributed by atoms with Crippen molar-refractivity contribution in [2.24, 2.45) is 5.92 Å². The van der Waals surface area contributed by atoms with E-state index in [2.05, 4.69) is 20.5 Å². The van der Waals surface area contributed by atoms with Gasteiger partial charge >= 0.3 is 0 Å². The van der Waals surface area contributed by atoms with Crippen LogP contribution in [0.25, 0.3) is 0 Å². The van der Waals surface area contributed by atoms with Gasteiger partial charge in [-0.2, -0.15) is 5.10 Å². The van der Waals surface area contributed by atoms with Crippen molar-refractivity contribution in [3.8, 4) is 0 Å². The van der Waals surface area contributed by atoms with Gasteiger partial charge < -0.3 is 5.32 Å². The van der Waals surface area contributed by atoms with E-state index in [4.69, 9.17) is 0 Å². The van der Waals surface area contributed by atoms with Gasteiger partial charge in [-0.05, 0) is 25.7 Å². The monoisotopic (exact) mass is 194 g/mol. The Bertz CT molecular complexity index is 305. The van der Waals surface area contributed by atoms with Gasteiger partial charge in [0.05, 0.1) is 6.04 Å². The predicted octanol–water partition coefficient (Wildman–Crippen LogP) is 0.782. The fourth-order valence-corrected chi connectivity index (χ4v) is 1.38. The van der Waals surface area contributed by atoms with Crippen LogP contribution in [-0.4, -0.2) is 21.1 Å². The molecular weight excluding hydrogens is 180 g/mol. The maximum atomic E-state index is 11.4. The molecule has 0 aliphatic heterocycles. The molecule has 1 aromatic heterocycles. The van der Waals surface area contributed by atoms with Crippen molar-refractivity contribution in [3.05, 3.63) is 12.2 Å². The minimum absolute atomic E-state index is 0.0799. The van der Waals surface area contributed by atoms with E-state index in [1.54, 1.807) is 0 Å². The lowest BCUT2D eigenvalue weighted by Gasteiger charge is -2.10. The molecule has 0 spiro atoms. The largest absolute Gasteiger partial charge is 0.346 e. The maximum Gasteiger partial charge on any atom is 0.220 e. The number of nitrogens with one attached hydrogen (secondary N) is 2. The Morgan fingerprint density at radius 2 is 2.57 bits per heavy atom. The first-order valence-electron chi connectivity index (χ1n) is 4.90. The number of aromatic nitrogens is 3. The second-order valence-corrected chi connectivity index (χ2v) is 3.81. The van der Waals surface area contributed by atoms with E-state index in [0.717, 1.165) is 0 Å². The van der Waals surface area contributed by atoms with E-state index in [-0.39, 0.29) is 11.9 Å². The normalized spacial score (nSPS) is 17.8. The van der Waals surface area contributed by atoms with Crippen LogP contribution in [0.1, 0.15) is 38.1 Å². The highest BCUT2D eigenvalue weighted by Crippen LogP contribution is 2.32. The van der Waals surface area contributed by atoms with Gasteiger partial charge in [0.1, 0.15) is 12.2 Å². The summed E-state index contributed by atoms with van der Waals surface area (Å²) in [6, 6.07) is -0.0799. The summed E-state index contributed by atoms with van der Waals surface area (Å²) in [4.78, 5) is 15.4. The molecule has 2 rings (SSSR count). The Hall–Kier alpha value is -1.39. The Morgan fingerprint density at radius 3 is 3.14 bits per heavy atom. The van der Waals surface area contributed by atoms with Crippen molar-refractivity contribution in [3.63, 3.8) is 0 Å². The molecule has 1 aliphatic carbocycles. The summed E-state index contributed by atoms with van der Waals surface area (Å²) in [5.74, 6) is 1.43. The summed E-state index contributed by atoms with van der Waals surface area (Å²) in [7, 11) is 0. The zero-order valence-electron chi connectivity index (χ0n) is 8.16. The highest BCUT2D eigenvalue weighted by Gasteiger charge is 2.25. The minimum atomic E-state index is -0.0799. The lowest BCUT2D eigenvalue weighted by Crippen LogP contribution is -2.27. The van der Waals surface area contributed by atoms with Gasteiger partial charge in [-0.3, -0.25) is 9.89 Å². The van der Waals surface area contributed by atoms with Gasteiger partial charge in [0.2, 0.25) is 5.91 Å². The molecule has 0 radical (unpaired) electrons. The molecule has 0 bridgehead atoms. The molecule has 0 aromatic carbocycles. The number of hydrogen-bond acceptors (Lipinski definition) is 3. The average molecular weight is 194 g/mol. The van der Waals surface area contributed by atoms with E-state index in [1.165, 1.54) is 19.2 Å². The number of aromatic amines is 1. The number of nitrogens with zero attached hydrogens (tertiary/aromatic N) is 2. The predicted molar refractivity (Wildman–Crippen MR) is 50.3 cm³/mol. The first-order chi connectivity index (χ1) is 6.75. The van der Waals surface area contributed by atoms with Crippen LogP contribution in [0.4, 0.5) is 0 Å². The summed E-state index contributed by atoms with van der Waals surface area (Å²) < 4.78 is 0. The Morgan fingerprint density at radius 1 is 1.79 bits per heavy atom. The molecule has 14 heavy (non-hydrogen) atoms. The minimum Gasteiger partial charge on any atom is -0.346 e. The fraction of sp³-hybridized carbons (Fsp3) is 0.667. The molecule has 1 fully saturated rings. The highest BCUT2D eigenvalue weighted by molar-refractivity contribution is 5.76. The topological polar surface area (TPSA) is 70.7 Å². The molecule has 1 saturated carbocycles. The molecule has 5 heteroatoms. The molecule has 2 N–H and O–H groups in total. The SMILES string of the molecule is CC(NC(=O)CC1CC1)c1ncn[nH]1. The van der Waals surface area contributed by atoms with Crippen molar-refractivity contribution in [2.45, 2.75) is 32.2 Å². The molecule has 1 aliphatic rings. The van der Waals surface area contributed by atoms with Crippen LogP contribution in [0, 0.1) is 5.92 Å². The molecule has 1 heterocycles. The van der Waals surface area contributed by atoms with Gasteiger partial charge in [-0.1, -0.05) is 0 Å². The number of carbonyl (C=O) groups excluding carboxylic acids is 1. The van der Waals surface area contributed by atoms with Crippen LogP contribution >= 0.6 is 0 Å². The second-order valence-electron chi connectivity index (χ2n) is 3.81. The molecule has 76 valence electrons. The van der Waals surface area contributed by atoms with E-state index in [0.29, 0.717) is 18.2 Å². The zero-order chi connectivity index (χ0) is 9.97. The van der Waals surface area contributed by atoms with Crippen molar-refractivity contribution >= 4 is 5.91 Å². The summed E-state index contributed by atoms with van der Waals surface area (Å²) >= 11 is 0. The van der Waals surface area contributed by atoms with Gasteiger partial charge in [-0.25, -0.2) is 4.98 Å². The lowest BCUT2D eigenvalue weighted by atomic mass is 10.2. The number of hydrogen-bond donors (Lipinski definition) is 2. The summed E-state index contributed by atoms with van der Waals surface area (Å²) in [6.45, 7) is 1.89. The first kappa shape index (κ1) is 9.18. The molecule has 1 atom stereocenters.